The highest BCUT2D eigenvalue weighted by molar-refractivity contribution is 5.49. The smallest absolute Gasteiger partial charge is 0.357 e. The highest BCUT2D eigenvalue weighted by Gasteiger charge is 2.41. The fourth-order valence-corrected chi connectivity index (χ4v) is 2.29. The number of piperidine rings is 1. The molecule has 0 atom stereocenters. The summed E-state index contributed by atoms with van der Waals surface area (Å²) in [6.45, 7) is 2.63. The molecule has 4 nitrogen and oxygen atoms in total. The van der Waals surface area contributed by atoms with Gasteiger partial charge >= 0.3 is 6.18 Å². The lowest BCUT2D eigenvalue weighted by Gasteiger charge is -2.34. The number of nitrogens with zero attached hydrogens (tertiary/aromatic N) is 3. The van der Waals surface area contributed by atoms with E-state index in [1.54, 1.807) is 13.2 Å². The molecule has 1 aliphatic rings. The summed E-state index contributed by atoms with van der Waals surface area (Å²) in [7, 11) is 1.71. The van der Waals surface area contributed by atoms with Crippen molar-refractivity contribution in [1.29, 1.82) is 0 Å². The average molecular weight is 274 g/mol. The van der Waals surface area contributed by atoms with Crippen LogP contribution in [0.3, 0.4) is 0 Å². The van der Waals surface area contributed by atoms with E-state index in [-0.39, 0.29) is 12.8 Å². The fraction of sp³-hybridized carbons (Fsp3) is 0.667. The molecule has 1 aliphatic heterocycles. The first kappa shape index (κ1) is 13.9. The standard InChI is InChI=1S/C12H17F3N4/c1-8-7-17-11(16-2)18-10(8)19-5-3-9(4-6-19)12(13,14)15/h7,9H,3-6H2,1-2H3,(H,16,17,18). The van der Waals surface area contributed by atoms with Gasteiger partial charge in [0.2, 0.25) is 5.95 Å². The lowest BCUT2D eigenvalue weighted by atomic mass is 9.96. The molecule has 1 fully saturated rings. The molecule has 7 heteroatoms. The molecule has 2 rings (SSSR count). The zero-order valence-electron chi connectivity index (χ0n) is 11.0. The fourth-order valence-electron chi connectivity index (χ4n) is 2.29. The number of anilines is 2. The first-order valence-electron chi connectivity index (χ1n) is 6.25. The van der Waals surface area contributed by atoms with Gasteiger partial charge < -0.3 is 10.2 Å². The highest BCUT2D eigenvalue weighted by Crippen LogP contribution is 2.35. The maximum atomic E-state index is 12.6. The van der Waals surface area contributed by atoms with Gasteiger partial charge in [-0.25, -0.2) is 4.98 Å². The Kier molecular flexibility index (Phi) is 3.82. The SMILES string of the molecule is CNc1ncc(C)c(N2CCC(C(F)(F)F)CC2)n1. The first-order valence-corrected chi connectivity index (χ1v) is 6.25. The summed E-state index contributed by atoms with van der Waals surface area (Å²) in [5.74, 6) is 0.0215. The third kappa shape index (κ3) is 3.08. The van der Waals surface area contributed by atoms with Gasteiger partial charge in [-0.3, -0.25) is 0 Å². The molecule has 0 saturated carbocycles. The monoisotopic (exact) mass is 274 g/mol. The van der Waals surface area contributed by atoms with Gasteiger partial charge in [0.05, 0.1) is 5.92 Å². The van der Waals surface area contributed by atoms with Crippen LogP contribution in [0.25, 0.3) is 0 Å². The molecule has 1 aromatic rings. The van der Waals surface area contributed by atoms with Crippen molar-refractivity contribution in [2.24, 2.45) is 5.92 Å². The van der Waals surface area contributed by atoms with E-state index in [1.165, 1.54) is 0 Å². The van der Waals surface area contributed by atoms with Crippen LogP contribution in [-0.2, 0) is 0 Å². The first-order chi connectivity index (χ1) is 8.91. The molecule has 1 N–H and O–H groups in total. The van der Waals surface area contributed by atoms with E-state index in [1.807, 2.05) is 11.8 Å². The van der Waals surface area contributed by atoms with E-state index in [0.717, 1.165) is 11.4 Å². The minimum Gasteiger partial charge on any atom is -0.357 e. The number of halogens is 3. The lowest BCUT2D eigenvalue weighted by molar-refractivity contribution is -0.179. The molecule has 0 aliphatic carbocycles. The Bertz CT molecular complexity index is 439. The second-order valence-electron chi connectivity index (χ2n) is 4.75. The van der Waals surface area contributed by atoms with Crippen LogP contribution in [0, 0.1) is 12.8 Å². The van der Waals surface area contributed by atoms with Crippen molar-refractivity contribution in [2.45, 2.75) is 25.9 Å². The summed E-state index contributed by atoms with van der Waals surface area (Å²) in [6, 6.07) is 0. The molecule has 0 spiro atoms. The minimum atomic E-state index is -4.08. The second-order valence-corrected chi connectivity index (χ2v) is 4.75. The molecule has 0 amide bonds. The minimum absolute atomic E-state index is 0.127. The number of rotatable bonds is 2. The van der Waals surface area contributed by atoms with Crippen LogP contribution in [0.2, 0.25) is 0 Å². The molecule has 0 radical (unpaired) electrons. The summed E-state index contributed by atoms with van der Waals surface area (Å²) in [5, 5.41) is 2.84. The summed E-state index contributed by atoms with van der Waals surface area (Å²) in [6.07, 6.45) is -2.14. The summed E-state index contributed by atoms with van der Waals surface area (Å²) >= 11 is 0. The van der Waals surface area contributed by atoms with Gasteiger partial charge in [0.15, 0.2) is 0 Å². The Hall–Kier alpha value is -1.53. The number of hydrogen-bond acceptors (Lipinski definition) is 4. The number of nitrogens with one attached hydrogen (secondary N) is 1. The average Bonchev–Trinajstić information content (AvgIpc) is 2.38. The van der Waals surface area contributed by atoms with Gasteiger partial charge in [0.25, 0.3) is 0 Å². The van der Waals surface area contributed by atoms with Gasteiger partial charge in [-0.2, -0.15) is 18.2 Å². The molecule has 0 unspecified atom stereocenters. The van der Waals surface area contributed by atoms with Gasteiger partial charge in [-0.1, -0.05) is 0 Å². The molecule has 0 bridgehead atoms. The number of aromatic nitrogens is 2. The van der Waals surface area contributed by atoms with Crippen LogP contribution in [0.1, 0.15) is 18.4 Å². The highest BCUT2D eigenvalue weighted by atomic mass is 19.4. The van der Waals surface area contributed by atoms with E-state index in [2.05, 4.69) is 15.3 Å². The molecule has 106 valence electrons. The molecule has 2 heterocycles. The van der Waals surface area contributed by atoms with E-state index in [4.69, 9.17) is 0 Å². The molecular weight excluding hydrogens is 257 g/mol. The molecule has 0 aromatic carbocycles. The van der Waals surface area contributed by atoms with E-state index < -0.39 is 12.1 Å². The van der Waals surface area contributed by atoms with Crippen molar-refractivity contribution in [3.63, 3.8) is 0 Å². The Labute approximate surface area is 110 Å². The maximum absolute atomic E-state index is 12.6. The molecule has 19 heavy (non-hydrogen) atoms. The quantitative estimate of drug-likeness (QED) is 0.900. The third-order valence-electron chi connectivity index (χ3n) is 3.43. The van der Waals surface area contributed by atoms with Crippen LogP contribution in [-0.4, -0.2) is 36.3 Å². The van der Waals surface area contributed by atoms with E-state index in [9.17, 15) is 13.2 Å². The van der Waals surface area contributed by atoms with Gasteiger partial charge in [0, 0.05) is 31.9 Å². The molecule has 1 saturated heterocycles. The largest absolute Gasteiger partial charge is 0.391 e. The molecular formula is C12H17F3N4. The van der Waals surface area contributed by atoms with Crippen molar-refractivity contribution >= 4 is 11.8 Å². The van der Waals surface area contributed by atoms with Crippen molar-refractivity contribution < 1.29 is 13.2 Å². The normalized spacial score (nSPS) is 17.6. The van der Waals surface area contributed by atoms with E-state index in [0.29, 0.717) is 19.0 Å². The van der Waals surface area contributed by atoms with Crippen LogP contribution in [0.15, 0.2) is 6.20 Å². The van der Waals surface area contributed by atoms with Crippen LogP contribution < -0.4 is 10.2 Å². The van der Waals surface area contributed by atoms with Crippen LogP contribution in [0.4, 0.5) is 24.9 Å². The molecule has 1 aromatic heterocycles. The predicted octanol–water partition coefficient (Wildman–Crippen LogP) is 2.61. The summed E-state index contributed by atoms with van der Waals surface area (Å²) in [5.41, 5.74) is 0.879. The van der Waals surface area contributed by atoms with Gasteiger partial charge in [0.1, 0.15) is 5.82 Å². The van der Waals surface area contributed by atoms with Gasteiger partial charge in [-0.05, 0) is 19.8 Å². The lowest BCUT2D eigenvalue weighted by Crippen LogP contribution is -2.39. The Balaban J connectivity index is 2.09. The number of aryl methyl sites for hydroxylation is 1. The second kappa shape index (κ2) is 5.22. The zero-order chi connectivity index (χ0) is 14.0. The Morgan fingerprint density at radius 1 is 1.32 bits per heavy atom. The van der Waals surface area contributed by atoms with Crippen molar-refractivity contribution in [2.75, 3.05) is 30.4 Å². The maximum Gasteiger partial charge on any atom is 0.391 e. The van der Waals surface area contributed by atoms with Crippen LogP contribution >= 0.6 is 0 Å². The number of hydrogen-bond donors (Lipinski definition) is 1. The predicted molar refractivity (Wildman–Crippen MR) is 67.3 cm³/mol. The van der Waals surface area contributed by atoms with Crippen molar-refractivity contribution in [3.05, 3.63) is 11.8 Å². The topological polar surface area (TPSA) is 41.1 Å². The summed E-state index contributed by atoms with van der Waals surface area (Å²) < 4.78 is 37.8. The van der Waals surface area contributed by atoms with E-state index >= 15 is 0 Å². The Morgan fingerprint density at radius 3 is 2.47 bits per heavy atom. The van der Waals surface area contributed by atoms with Crippen LogP contribution in [0.5, 0.6) is 0 Å². The Morgan fingerprint density at radius 2 is 1.95 bits per heavy atom. The van der Waals surface area contributed by atoms with Crippen molar-refractivity contribution in [3.8, 4) is 0 Å². The number of alkyl halides is 3. The zero-order valence-corrected chi connectivity index (χ0v) is 11.0. The van der Waals surface area contributed by atoms with Crippen molar-refractivity contribution in [1.82, 2.24) is 9.97 Å². The van der Waals surface area contributed by atoms with Gasteiger partial charge in [-0.15, -0.1) is 0 Å². The third-order valence-corrected chi connectivity index (χ3v) is 3.43. The summed E-state index contributed by atoms with van der Waals surface area (Å²) in [4.78, 5) is 10.3.